The lowest BCUT2D eigenvalue weighted by Gasteiger charge is -2.23. The number of hydrogen-bond acceptors (Lipinski definition) is 7. The van der Waals surface area contributed by atoms with Gasteiger partial charge in [0.05, 0.1) is 12.9 Å². The molecule has 110 valence electrons. The Morgan fingerprint density at radius 1 is 1.71 bits per heavy atom. The maximum atomic E-state index is 11.7. The molecule has 0 radical (unpaired) electrons. The van der Waals surface area contributed by atoms with Crippen molar-refractivity contribution in [2.75, 3.05) is 12.3 Å². The molecule has 0 unspecified atom stereocenters. The van der Waals surface area contributed by atoms with Gasteiger partial charge in [-0.15, -0.1) is 6.42 Å². The number of nitrogen functional groups attached to an aromatic ring is 1. The van der Waals surface area contributed by atoms with Gasteiger partial charge in [0, 0.05) is 6.42 Å². The monoisotopic (exact) mass is 291 g/mol. The van der Waals surface area contributed by atoms with Gasteiger partial charge >= 0.3 is 0 Å². The van der Waals surface area contributed by atoms with Crippen LogP contribution in [0, 0.1) is 12.3 Å². The lowest BCUT2D eigenvalue weighted by Crippen LogP contribution is -2.41. The van der Waals surface area contributed by atoms with Crippen LogP contribution in [0.5, 0.6) is 0 Å². The van der Waals surface area contributed by atoms with E-state index in [2.05, 4.69) is 20.9 Å². The van der Waals surface area contributed by atoms with E-state index in [9.17, 15) is 15.0 Å². The molecule has 0 spiro atoms. The summed E-state index contributed by atoms with van der Waals surface area (Å²) in [5, 5.41) is 19.4. The number of nitrogens with zero attached hydrogens (tertiary/aromatic N) is 3. The molecule has 0 aromatic carbocycles. The van der Waals surface area contributed by atoms with Gasteiger partial charge in [0.15, 0.2) is 16.8 Å². The van der Waals surface area contributed by atoms with Crippen molar-refractivity contribution in [3.05, 3.63) is 16.7 Å². The van der Waals surface area contributed by atoms with Crippen LogP contribution in [0.1, 0.15) is 12.6 Å². The van der Waals surface area contributed by atoms with Gasteiger partial charge in [-0.05, 0) is 0 Å². The zero-order valence-electron chi connectivity index (χ0n) is 10.9. The first kappa shape index (κ1) is 13.6. The predicted octanol–water partition coefficient (Wildman–Crippen LogP) is -1.65. The number of rotatable bonds is 2. The molecule has 21 heavy (non-hydrogen) atoms. The summed E-state index contributed by atoms with van der Waals surface area (Å²) in [5.74, 6) is 2.21. The third kappa shape index (κ3) is 1.89. The Bertz CT molecular complexity index is 791. The fraction of sp³-hybridized carbons (Fsp3) is 0.417. The summed E-state index contributed by atoms with van der Waals surface area (Å²) < 4.78 is 7.04. The summed E-state index contributed by atoms with van der Waals surface area (Å²) in [6.45, 7) is -0.524. The van der Waals surface area contributed by atoms with Gasteiger partial charge in [0.2, 0.25) is 5.95 Å². The molecule has 3 rings (SSSR count). The molecular formula is C12H13N5O4. The lowest BCUT2D eigenvalue weighted by atomic mass is 9.99. The molecule has 9 nitrogen and oxygen atoms in total. The molecule has 5 N–H and O–H groups in total. The molecule has 1 aliphatic heterocycles. The molecule has 0 bridgehead atoms. The van der Waals surface area contributed by atoms with Crippen molar-refractivity contribution in [1.29, 1.82) is 0 Å². The van der Waals surface area contributed by atoms with E-state index >= 15 is 0 Å². The van der Waals surface area contributed by atoms with Gasteiger partial charge in [-0.2, -0.15) is 4.98 Å². The van der Waals surface area contributed by atoms with E-state index in [4.69, 9.17) is 16.9 Å². The molecule has 0 saturated carbocycles. The summed E-state index contributed by atoms with van der Waals surface area (Å²) in [4.78, 5) is 22.0. The Balaban J connectivity index is 2.07. The third-order valence-corrected chi connectivity index (χ3v) is 3.55. The smallest absolute Gasteiger partial charge is 0.280 e. The third-order valence-electron chi connectivity index (χ3n) is 3.55. The van der Waals surface area contributed by atoms with E-state index in [1.54, 1.807) is 0 Å². The van der Waals surface area contributed by atoms with Gasteiger partial charge < -0.3 is 20.7 Å². The first-order valence-corrected chi connectivity index (χ1v) is 6.17. The van der Waals surface area contributed by atoms with Gasteiger partial charge in [-0.3, -0.25) is 14.3 Å². The zero-order chi connectivity index (χ0) is 15.2. The number of H-pyrrole nitrogens is 1. The standard InChI is InChI=1S/C12H13N5O4/c1-2-12(4-18)6(19)3-7(21-12)17-5-14-8-9(17)15-11(13)16-10(8)20/h1,5-7,18-19H,3-4H2,(H3,13,15,16,20)/t6-,7-,12+/m1/s1. The molecule has 0 aliphatic carbocycles. The molecule has 2 aromatic heterocycles. The van der Waals surface area contributed by atoms with Gasteiger partial charge in [-0.25, -0.2) is 4.98 Å². The Kier molecular flexibility index (Phi) is 2.94. The van der Waals surface area contributed by atoms with Gasteiger partial charge in [0.1, 0.15) is 12.3 Å². The quantitative estimate of drug-likeness (QED) is 0.486. The Labute approximate surface area is 118 Å². The van der Waals surface area contributed by atoms with E-state index in [0.717, 1.165) is 0 Å². The number of aliphatic hydroxyl groups is 2. The summed E-state index contributed by atoms with van der Waals surface area (Å²) in [5.41, 5.74) is 3.89. The molecule has 1 aliphatic rings. The summed E-state index contributed by atoms with van der Waals surface area (Å²) in [7, 11) is 0. The number of nitrogens with one attached hydrogen (secondary N) is 1. The minimum absolute atomic E-state index is 0.0573. The zero-order valence-corrected chi connectivity index (χ0v) is 10.9. The highest BCUT2D eigenvalue weighted by Crippen LogP contribution is 2.37. The van der Waals surface area contributed by atoms with E-state index in [-0.39, 0.29) is 23.5 Å². The number of aliphatic hydroxyl groups excluding tert-OH is 2. The molecule has 0 amide bonds. The van der Waals surface area contributed by atoms with Crippen LogP contribution in [0.4, 0.5) is 5.95 Å². The highest BCUT2D eigenvalue weighted by molar-refractivity contribution is 5.70. The molecule has 3 atom stereocenters. The molecule has 2 aromatic rings. The molecular weight excluding hydrogens is 278 g/mol. The van der Waals surface area contributed by atoms with Gasteiger partial charge in [-0.1, -0.05) is 5.92 Å². The van der Waals surface area contributed by atoms with Crippen LogP contribution < -0.4 is 11.3 Å². The van der Waals surface area contributed by atoms with Crippen molar-refractivity contribution in [3.8, 4) is 12.3 Å². The SMILES string of the molecule is C#C[C@@]1(CO)O[C@@H](n2cnc3c(=O)[nH]c(N)nc32)C[C@H]1O. The summed E-state index contributed by atoms with van der Waals surface area (Å²) in [6.07, 6.45) is 5.07. The van der Waals surface area contributed by atoms with Crippen LogP contribution in [0.25, 0.3) is 11.2 Å². The van der Waals surface area contributed by atoms with Crippen LogP contribution in [-0.4, -0.2) is 48.0 Å². The molecule has 1 saturated heterocycles. The van der Waals surface area contributed by atoms with Crippen molar-refractivity contribution in [2.45, 2.75) is 24.4 Å². The number of hydrogen-bond donors (Lipinski definition) is 4. The number of terminal acetylenes is 1. The first-order valence-electron chi connectivity index (χ1n) is 6.17. The maximum absolute atomic E-state index is 11.7. The van der Waals surface area contributed by atoms with Crippen molar-refractivity contribution in [1.82, 2.24) is 19.5 Å². The van der Waals surface area contributed by atoms with Crippen molar-refractivity contribution in [3.63, 3.8) is 0 Å². The lowest BCUT2D eigenvalue weighted by molar-refractivity contribution is -0.0891. The Morgan fingerprint density at radius 3 is 3.10 bits per heavy atom. The summed E-state index contributed by atoms with van der Waals surface area (Å²) in [6, 6.07) is 0. The number of anilines is 1. The molecule has 1 fully saturated rings. The molecule has 3 heterocycles. The Hall–Kier alpha value is -2.41. The van der Waals surface area contributed by atoms with Crippen LogP contribution in [-0.2, 0) is 4.74 Å². The fourth-order valence-corrected chi connectivity index (χ4v) is 2.39. The molecule has 9 heteroatoms. The fourth-order valence-electron chi connectivity index (χ4n) is 2.39. The van der Waals surface area contributed by atoms with Crippen LogP contribution in [0.2, 0.25) is 0 Å². The van der Waals surface area contributed by atoms with Crippen molar-refractivity contribution < 1.29 is 14.9 Å². The van der Waals surface area contributed by atoms with Crippen LogP contribution >= 0.6 is 0 Å². The normalized spacial score (nSPS) is 28.8. The number of nitrogens with two attached hydrogens (primary N) is 1. The number of ether oxygens (including phenoxy) is 1. The largest absolute Gasteiger partial charge is 0.392 e. The minimum Gasteiger partial charge on any atom is -0.392 e. The highest BCUT2D eigenvalue weighted by Gasteiger charge is 2.47. The average Bonchev–Trinajstić information content (AvgIpc) is 3.00. The number of aromatic amines is 1. The van der Waals surface area contributed by atoms with E-state index < -0.39 is 30.1 Å². The summed E-state index contributed by atoms with van der Waals surface area (Å²) >= 11 is 0. The second-order valence-electron chi connectivity index (χ2n) is 4.79. The minimum atomic E-state index is -1.48. The topological polar surface area (TPSA) is 139 Å². The number of fused-ring (bicyclic) bond motifs is 1. The average molecular weight is 291 g/mol. The Morgan fingerprint density at radius 2 is 2.48 bits per heavy atom. The van der Waals surface area contributed by atoms with Crippen molar-refractivity contribution >= 4 is 17.1 Å². The van der Waals surface area contributed by atoms with E-state index in [1.807, 2.05) is 0 Å². The van der Waals surface area contributed by atoms with E-state index in [0.29, 0.717) is 0 Å². The van der Waals surface area contributed by atoms with Gasteiger partial charge in [0.25, 0.3) is 5.56 Å². The van der Waals surface area contributed by atoms with Crippen LogP contribution in [0.15, 0.2) is 11.1 Å². The first-order chi connectivity index (χ1) is 10.0. The maximum Gasteiger partial charge on any atom is 0.280 e. The second kappa shape index (κ2) is 4.56. The highest BCUT2D eigenvalue weighted by atomic mass is 16.6. The number of aromatic nitrogens is 4. The van der Waals surface area contributed by atoms with Crippen LogP contribution in [0.3, 0.4) is 0 Å². The second-order valence-corrected chi connectivity index (χ2v) is 4.79. The predicted molar refractivity (Wildman–Crippen MR) is 72.0 cm³/mol. The van der Waals surface area contributed by atoms with Crippen molar-refractivity contribution in [2.24, 2.45) is 0 Å². The number of imidazole rings is 1. The van der Waals surface area contributed by atoms with E-state index in [1.165, 1.54) is 10.9 Å².